The van der Waals surface area contributed by atoms with E-state index in [0.717, 1.165) is 50.0 Å². The van der Waals surface area contributed by atoms with E-state index < -0.39 is 14.9 Å². The van der Waals surface area contributed by atoms with Crippen LogP contribution in [0.25, 0.3) is 66.9 Å². The van der Waals surface area contributed by atoms with Gasteiger partial charge in [0.25, 0.3) is 0 Å². The van der Waals surface area contributed by atoms with Crippen LogP contribution in [0.2, 0.25) is 19.6 Å². The Kier molecular flexibility index (Phi) is 9.27. The van der Waals surface area contributed by atoms with Crippen molar-refractivity contribution < 1.29 is 28.6 Å². The normalized spacial score (nSPS) is 12.4. The van der Waals surface area contributed by atoms with E-state index in [2.05, 4.69) is 76.6 Å². The van der Waals surface area contributed by atoms with Crippen LogP contribution in [0.1, 0.15) is 15.2 Å². The van der Waals surface area contributed by atoms with Gasteiger partial charge in [-0.3, -0.25) is 9.97 Å². The van der Waals surface area contributed by atoms with Crippen LogP contribution in [0.4, 0.5) is 0 Å². The molecule has 7 heteroatoms. The number of fused-ring (bicyclic) bond motifs is 4. The maximum Gasteiger partial charge on any atom is 0.147 e. The third-order valence-corrected chi connectivity index (χ3v) is 11.2. The number of rotatable bonds is 6. The van der Waals surface area contributed by atoms with E-state index in [9.17, 15) is 0 Å². The SMILES string of the molecule is C[Si](C)(C)c1ccc(-c2[c-]cccc2)nc1.[2H]C([2H])([2H])c1ccc(-c2nccc3c2oc2c(-c4nc5ccccc5n4Cc4ccccc4)[c-]ccc23)cc1.[Ir]. The Morgan fingerprint density at radius 2 is 1.51 bits per heavy atom. The molecule has 0 spiro atoms. The van der Waals surface area contributed by atoms with Crippen LogP contribution in [0, 0.1) is 19.0 Å². The molecule has 263 valence electrons. The summed E-state index contributed by atoms with van der Waals surface area (Å²) < 4.78 is 31.8. The Hall–Kier alpha value is -5.46. The van der Waals surface area contributed by atoms with Gasteiger partial charge in [-0.25, -0.2) is 0 Å². The van der Waals surface area contributed by atoms with E-state index in [1.54, 1.807) is 30.5 Å². The van der Waals surface area contributed by atoms with Crippen molar-refractivity contribution in [1.29, 1.82) is 0 Å². The number of nitrogens with zero attached hydrogens (tertiary/aromatic N) is 4. The topological polar surface area (TPSA) is 56.7 Å². The molecule has 0 atom stereocenters. The van der Waals surface area contributed by atoms with Crippen LogP contribution >= 0.6 is 0 Å². The van der Waals surface area contributed by atoms with Crippen molar-refractivity contribution in [3.63, 3.8) is 0 Å². The summed E-state index contributed by atoms with van der Waals surface area (Å²) in [7, 11) is -1.23. The van der Waals surface area contributed by atoms with Crippen molar-refractivity contribution in [3.05, 3.63) is 169 Å². The molecule has 0 unspecified atom stereocenters. The van der Waals surface area contributed by atoms with Gasteiger partial charge < -0.3 is 14.0 Å². The van der Waals surface area contributed by atoms with Crippen molar-refractivity contribution in [2.24, 2.45) is 0 Å². The Balaban J connectivity index is 0.000000238. The third kappa shape index (κ3) is 7.42. The summed E-state index contributed by atoms with van der Waals surface area (Å²) in [6, 6.07) is 49.9. The van der Waals surface area contributed by atoms with Crippen LogP contribution in [-0.4, -0.2) is 27.6 Å². The molecule has 0 aliphatic heterocycles. The first kappa shape index (κ1) is 32.2. The predicted octanol–water partition coefficient (Wildman–Crippen LogP) is 10.9. The summed E-state index contributed by atoms with van der Waals surface area (Å²) in [5.74, 6) is 0.779. The minimum Gasteiger partial charge on any atom is -0.498 e. The fourth-order valence-corrected chi connectivity index (χ4v) is 7.44. The number of hydrogen-bond acceptors (Lipinski definition) is 4. The summed E-state index contributed by atoms with van der Waals surface area (Å²) in [6.45, 7) is 5.49. The van der Waals surface area contributed by atoms with Crippen molar-refractivity contribution in [2.45, 2.75) is 33.0 Å². The number of imidazole rings is 1. The molecule has 1 radical (unpaired) electrons. The number of hydrogen-bond donors (Lipinski definition) is 0. The summed E-state index contributed by atoms with van der Waals surface area (Å²) in [5.41, 5.74) is 9.01. The Morgan fingerprint density at radius 1 is 0.736 bits per heavy atom. The molecule has 0 aliphatic carbocycles. The monoisotopic (exact) mass is 886 g/mol. The maximum absolute atomic E-state index is 7.67. The molecule has 4 aromatic heterocycles. The van der Waals surface area contributed by atoms with E-state index >= 15 is 0 Å². The van der Waals surface area contributed by atoms with E-state index in [1.165, 1.54) is 10.8 Å². The molecular weight excluding hydrogens is 845 g/mol. The van der Waals surface area contributed by atoms with Crippen molar-refractivity contribution in [1.82, 2.24) is 19.5 Å². The molecular formula is C46H38IrN4OSi-2. The van der Waals surface area contributed by atoms with Crippen LogP contribution in [-0.2, 0) is 26.7 Å². The minimum atomic E-state index is -2.16. The predicted molar refractivity (Wildman–Crippen MR) is 216 cm³/mol. The average molecular weight is 886 g/mol. The quantitative estimate of drug-likeness (QED) is 0.123. The first-order valence-corrected chi connectivity index (χ1v) is 20.8. The summed E-state index contributed by atoms with van der Waals surface area (Å²) in [4.78, 5) is 14.1. The molecule has 0 saturated heterocycles. The second-order valence-electron chi connectivity index (χ2n) is 13.8. The fourth-order valence-electron chi connectivity index (χ4n) is 6.41. The van der Waals surface area contributed by atoms with E-state index in [0.29, 0.717) is 23.4 Å². The van der Waals surface area contributed by atoms with Crippen LogP contribution in [0.5, 0.6) is 0 Å². The third-order valence-electron chi connectivity index (χ3n) is 9.18. The molecule has 0 saturated carbocycles. The molecule has 9 aromatic rings. The number of aryl methyl sites for hydroxylation is 1. The standard InChI is InChI=1S/C32H22N3O.C14H16NSi.Ir/c1-21-14-16-23(17-15-21)29-31-25(18-19-33-29)24-10-7-11-26(30(24)36-31)32-34-27-12-5-6-13-28(27)35(32)20-22-8-3-2-4-9-22;1-16(2,3)13-9-10-14(15-11-13)12-7-5-4-6-8-12;/h2-10,12-19H,20H2,1H3;4-7,9-11H,1-3H3;/q2*-1;/i1D3;;. The van der Waals surface area contributed by atoms with E-state index in [1.807, 2.05) is 85.1 Å². The number of pyridine rings is 2. The summed E-state index contributed by atoms with van der Waals surface area (Å²) >= 11 is 0. The van der Waals surface area contributed by atoms with Crippen molar-refractivity contribution in [3.8, 4) is 33.9 Å². The van der Waals surface area contributed by atoms with Crippen LogP contribution in [0.15, 0.2) is 150 Å². The van der Waals surface area contributed by atoms with E-state index in [-0.39, 0.29) is 25.7 Å². The first-order chi connectivity index (χ1) is 26.5. The van der Waals surface area contributed by atoms with Gasteiger partial charge in [-0.2, -0.15) is 0 Å². The van der Waals surface area contributed by atoms with Gasteiger partial charge in [-0.1, -0.05) is 115 Å². The van der Waals surface area contributed by atoms with Gasteiger partial charge in [-0.15, -0.1) is 54.1 Å². The molecule has 0 amide bonds. The molecule has 0 N–H and O–H groups in total. The number of para-hydroxylation sites is 2. The van der Waals surface area contributed by atoms with Crippen molar-refractivity contribution in [2.75, 3.05) is 0 Å². The number of furan rings is 1. The zero-order valence-electron chi connectivity index (χ0n) is 32.6. The van der Waals surface area contributed by atoms with Gasteiger partial charge >= 0.3 is 0 Å². The van der Waals surface area contributed by atoms with Gasteiger partial charge in [0.05, 0.1) is 30.5 Å². The molecule has 9 rings (SSSR count). The van der Waals surface area contributed by atoms with Crippen LogP contribution < -0.4 is 5.19 Å². The van der Waals surface area contributed by atoms with Crippen LogP contribution in [0.3, 0.4) is 0 Å². The molecule has 53 heavy (non-hydrogen) atoms. The first-order valence-electron chi connectivity index (χ1n) is 18.8. The summed E-state index contributed by atoms with van der Waals surface area (Å²) in [6.07, 6.45) is 3.77. The van der Waals surface area contributed by atoms with Gasteiger partial charge in [0.2, 0.25) is 0 Å². The Labute approximate surface area is 329 Å². The smallest absolute Gasteiger partial charge is 0.147 e. The molecule has 0 bridgehead atoms. The maximum atomic E-state index is 7.67. The zero-order valence-corrected chi connectivity index (χ0v) is 33.0. The zero-order chi connectivity index (χ0) is 38.2. The fraction of sp³-hybridized carbons (Fsp3) is 0.109. The molecule has 0 aliphatic rings. The number of benzene rings is 5. The number of aromatic nitrogens is 4. The molecule has 0 fully saturated rings. The molecule has 5 aromatic carbocycles. The molecule has 4 heterocycles. The second-order valence-corrected chi connectivity index (χ2v) is 18.8. The Morgan fingerprint density at radius 3 is 2.25 bits per heavy atom. The van der Waals surface area contributed by atoms with Gasteiger partial charge in [0.1, 0.15) is 11.3 Å². The van der Waals surface area contributed by atoms with Gasteiger partial charge in [-0.05, 0) is 41.5 Å². The van der Waals surface area contributed by atoms with Gasteiger partial charge in [0, 0.05) is 54.1 Å². The van der Waals surface area contributed by atoms with E-state index in [4.69, 9.17) is 13.5 Å². The largest absolute Gasteiger partial charge is 0.498 e. The van der Waals surface area contributed by atoms with Gasteiger partial charge in [0.15, 0.2) is 0 Å². The molecule has 5 nitrogen and oxygen atoms in total. The average Bonchev–Trinajstić information content (AvgIpc) is 3.77. The minimum absolute atomic E-state index is 0. The Bertz CT molecular complexity index is 2740. The second kappa shape index (κ2) is 15.3. The van der Waals surface area contributed by atoms with Crippen molar-refractivity contribution >= 4 is 46.2 Å². The summed E-state index contributed by atoms with van der Waals surface area (Å²) in [5, 5.41) is 3.27.